The highest BCUT2D eigenvalue weighted by atomic mass is 16.3. The monoisotopic (exact) mass is 208 g/mol. The molecule has 4 saturated carbocycles. The largest absolute Gasteiger partial charge is 0.393 e. The van der Waals surface area contributed by atoms with E-state index in [9.17, 15) is 10.2 Å². The van der Waals surface area contributed by atoms with Crippen LogP contribution >= 0.6 is 0 Å². The van der Waals surface area contributed by atoms with E-state index in [0.717, 1.165) is 24.2 Å². The molecule has 0 aliphatic heterocycles. The predicted molar refractivity (Wildman–Crippen MR) is 56.0 cm³/mol. The van der Waals surface area contributed by atoms with Gasteiger partial charge < -0.3 is 10.2 Å². The molecule has 9 unspecified atom stereocenters. The van der Waals surface area contributed by atoms with Crippen LogP contribution in [-0.2, 0) is 0 Å². The molecule has 4 rings (SSSR count). The van der Waals surface area contributed by atoms with Crippen molar-refractivity contribution >= 4 is 0 Å². The lowest BCUT2D eigenvalue weighted by atomic mass is 9.66. The van der Waals surface area contributed by atoms with Crippen molar-refractivity contribution in [2.45, 2.75) is 38.4 Å². The number of aliphatic hydroxyl groups excluding tert-OH is 2. The van der Waals surface area contributed by atoms with Gasteiger partial charge in [-0.05, 0) is 60.7 Å². The minimum atomic E-state index is -0.0669. The molecule has 0 radical (unpaired) electrons. The van der Waals surface area contributed by atoms with Gasteiger partial charge in [0.15, 0.2) is 0 Å². The topological polar surface area (TPSA) is 40.5 Å². The van der Waals surface area contributed by atoms with Gasteiger partial charge in [-0.15, -0.1) is 0 Å². The molecule has 0 aromatic carbocycles. The van der Waals surface area contributed by atoms with E-state index in [4.69, 9.17) is 0 Å². The van der Waals surface area contributed by atoms with Gasteiger partial charge in [-0.3, -0.25) is 0 Å². The molecule has 2 nitrogen and oxygen atoms in total. The van der Waals surface area contributed by atoms with E-state index in [2.05, 4.69) is 6.92 Å². The highest BCUT2D eigenvalue weighted by Crippen LogP contribution is 2.68. The molecular weight excluding hydrogens is 188 g/mol. The summed E-state index contributed by atoms with van der Waals surface area (Å²) >= 11 is 0. The van der Waals surface area contributed by atoms with Crippen LogP contribution in [0.1, 0.15) is 26.2 Å². The highest BCUT2D eigenvalue weighted by Gasteiger charge is 2.66. The van der Waals surface area contributed by atoms with Crippen LogP contribution in [0.2, 0.25) is 0 Å². The Kier molecular flexibility index (Phi) is 1.56. The second-order valence-corrected chi connectivity index (χ2v) is 6.53. The van der Waals surface area contributed by atoms with Crippen LogP contribution in [0.5, 0.6) is 0 Å². The number of rotatable bonds is 0. The summed E-state index contributed by atoms with van der Waals surface area (Å²) in [6, 6.07) is 0. The molecule has 2 N–H and O–H groups in total. The van der Waals surface area contributed by atoms with Gasteiger partial charge >= 0.3 is 0 Å². The van der Waals surface area contributed by atoms with Gasteiger partial charge in [-0.1, -0.05) is 6.92 Å². The van der Waals surface area contributed by atoms with Crippen LogP contribution in [0.25, 0.3) is 0 Å². The Labute approximate surface area is 90.7 Å². The minimum absolute atomic E-state index is 0.0434. The van der Waals surface area contributed by atoms with E-state index in [1.54, 1.807) is 0 Å². The Morgan fingerprint density at radius 1 is 0.867 bits per heavy atom. The summed E-state index contributed by atoms with van der Waals surface area (Å²) in [6.45, 7) is 2.23. The smallest absolute Gasteiger partial charge is 0.0599 e. The molecule has 9 atom stereocenters. The van der Waals surface area contributed by atoms with Crippen molar-refractivity contribution in [2.24, 2.45) is 41.4 Å². The molecule has 4 aliphatic carbocycles. The second kappa shape index (κ2) is 2.60. The molecule has 84 valence electrons. The summed E-state index contributed by atoms with van der Waals surface area (Å²) in [4.78, 5) is 0. The normalized spacial score (nSPS) is 70.2. The first-order chi connectivity index (χ1) is 7.18. The zero-order valence-electron chi connectivity index (χ0n) is 9.21. The number of hydrogen-bond acceptors (Lipinski definition) is 2. The Hall–Kier alpha value is -0.0800. The molecule has 0 saturated heterocycles. The van der Waals surface area contributed by atoms with Crippen LogP contribution < -0.4 is 0 Å². The van der Waals surface area contributed by atoms with E-state index in [0.29, 0.717) is 23.7 Å². The summed E-state index contributed by atoms with van der Waals surface area (Å²) in [5.41, 5.74) is 0. The van der Waals surface area contributed by atoms with E-state index in [-0.39, 0.29) is 12.2 Å². The fourth-order valence-electron chi connectivity index (χ4n) is 5.86. The van der Waals surface area contributed by atoms with Gasteiger partial charge in [-0.25, -0.2) is 0 Å². The van der Waals surface area contributed by atoms with Crippen molar-refractivity contribution in [1.82, 2.24) is 0 Å². The zero-order chi connectivity index (χ0) is 10.3. The van der Waals surface area contributed by atoms with Crippen LogP contribution in [-0.4, -0.2) is 22.4 Å². The predicted octanol–water partition coefficient (Wildman–Crippen LogP) is 1.27. The van der Waals surface area contributed by atoms with Gasteiger partial charge in [-0.2, -0.15) is 0 Å². The summed E-state index contributed by atoms with van der Waals surface area (Å²) < 4.78 is 0. The third-order valence-electron chi connectivity index (χ3n) is 6.28. The molecule has 4 fully saturated rings. The number of aliphatic hydroxyl groups is 2. The van der Waals surface area contributed by atoms with Crippen LogP contribution in [0, 0.1) is 41.4 Å². The van der Waals surface area contributed by atoms with E-state index in [1.165, 1.54) is 12.8 Å². The second-order valence-electron chi connectivity index (χ2n) is 6.53. The third-order valence-corrected chi connectivity index (χ3v) is 6.28. The summed E-state index contributed by atoms with van der Waals surface area (Å²) in [5, 5.41) is 20.1. The highest BCUT2D eigenvalue weighted by molar-refractivity contribution is 5.14. The Bertz CT molecular complexity index is 303. The fraction of sp³-hybridized carbons (Fsp3) is 1.00. The number of fused-ring (bicyclic) bond motifs is 9. The summed E-state index contributed by atoms with van der Waals surface area (Å²) in [7, 11) is 0. The molecule has 0 amide bonds. The first-order valence-corrected chi connectivity index (χ1v) is 6.54. The van der Waals surface area contributed by atoms with Gasteiger partial charge in [0.1, 0.15) is 0 Å². The molecule has 4 bridgehead atoms. The Balaban J connectivity index is 1.73. The molecule has 0 spiro atoms. The summed E-state index contributed by atoms with van der Waals surface area (Å²) in [6.07, 6.45) is 3.44. The van der Waals surface area contributed by atoms with Crippen molar-refractivity contribution < 1.29 is 10.2 Å². The maximum Gasteiger partial charge on any atom is 0.0599 e. The van der Waals surface area contributed by atoms with Crippen molar-refractivity contribution in [1.29, 1.82) is 0 Å². The molecule has 2 heteroatoms. The van der Waals surface area contributed by atoms with Crippen molar-refractivity contribution in [3.63, 3.8) is 0 Å². The maximum atomic E-state index is 10.2. The standard InChI is InChI=1S/C13H20O2/c1-5-7-4-9(13(5)15)12-8-2-6(11(7)12)3-10(8)14/h5-15H,2-4H2,1H3. The fourth-order valence-corrected chi connectivity index (χ4v) is 5.86. The van der Waals surface area contributed by atoms with Crippen molar-refractivity contribution in [2.75, 3.05) is 0 Å². The molecule has 0 aromatic rings. The average molecular weight is 208 g/mol. The molecule has 15 heavy (non-hydrogen) atoms. The van der Waals surface area contributed by atoms with Gasteiger partial charge in [0.05, 0.1) is 12.2 Å². The lowest BCUT2D eigenvalue weighted by molar-refractivity contribution is -0.0417. The van der Waals surface area contributed by atoms with E-state index >= 15 is 0 Å². The lowest BCUT2D eigenvalue weighted by Crippen LogP contribution is -2.43. The van der Waals surface area contributed by atoms with Gasteiger partial charge in [0.2, 0.25) is 0 Å². The zero-order valence-corrected chi connectivity index (χ0v) is 9.21. The molecular formula is C13H20O2. The molecule has 4 aliphatic rings. The van der Waals surface area contributed by atoms with Gasteiger partial charge in [0, 0.05) is 0 Å². The minimum Gasteiger partial charge on any atom is -0.393 e. The Morgan fingerprint density at radius 2 is 1.67 bits per heavy atom. The summed E-state index contributed by atoms with van der Waals surface area (Å²) in [5.74, 6) is 4.69. The quantitative estimate of drug-likeness (QED) is 0.588. The van der Waals surface area contributed by atoms with Crippen molar-refractivity contribution in [3.05, 3.63) is 0 Å². The molecule has 0 heterocycles. The average Bonchev–Trinajstić information content (AvgIpc) is 2.86. The van der Waals surface area contributed by atoms with Crippen LogP contribution in [0.3, 0.4) is 0 Å². The first-order valence-electron chi connectivity index (χ1n) is 6.54. The Morgan fingerprint density at radius 3 is 2.47 bits per heavy atom. The maximum absolute atomic E-state index is 10.2. The van der Waals surface area contributed by atoms with Crippen LogP contribution in [0.4, 0.5) is 0 Å². The number of hydrogen-bond donors (Lipinski definition) is 2. The van der Waals surface area contributed by atoms with E-state index in [1.807, 2.05) is 0 Å². The first kappa shape index (κ1) is 9.00. The lowest BCUT2D eigenvalue weighted by Gasteiger charge is -2.41. The van der Waals surface area contributed by atoms with E-state index < -0.39 is 0 Å². The van der Waals surface area contributed by atoms with Crippen molar-refractivity contribution in [3.8, 4) is 0 Å². The molecule has 0 aromatic heterocycles. The van der Waals surface area contributed by atoms with Crippen LogP contribution in [0.15, 0.2) is 0 Å². The SMILES string of the molecule is CC1C(O)C2CC1C1C3CC(O)C(C3)C21. The third kappa shape index (κ3) is 0.861. The van der Waals surface area contributed by atoms with Gasteiger partial charge in [0.25, 0.3) is 0 Å².